The Kier molecular flexibility index (Phi) is 3.68. The molecule has 7 heteroatoms. The van der Waals surface area contributed by atoms with Gasteiger partial charge in [0.05, 0.1) is 0 Å². The van der Waals surface area contributed by atoms with Gasteiger partial charge in [0.2, 0.25) is 6.17 Å². The van der Waals surface area contributed by atoms with E-state index in [0.717, 1.165) is 21.6 Å². The summed E-state index contributed by atoms with van der Waals surface area (Å²) in [6, 6.07) is 3.86. The Morgan fingerprint density at radius 2 is 2.13 bits per heavy atom. The number of halogens is 1. The summed E-state index contributed by atoms with van der Waals surface area (Å²) in [4.78, 5) is 17.8. The van der Waals surface area contributed by atoms with Crippen LogP contribution in [0.2, 0.25) is 0 Å². The first-order valence-corrected chi connectivity index (χ1v) is 8.00. The highest BCUT2D eigenvalue weighted by molar-refractivity contribution is 7.10. The van der Waals surface area contributed by atoms with E-state index >= 15 is 0 Å². The average Bonchev–Trinajstić information content (AvgIpc) is 3.02. The molecule has 0 unspecified atom stereocenters. The molecule has 0 saturated carbocycles. The van der Waals surface area contributed by atoms with Gasteiger partial charge in [-0.2, -0.15) is 0 Å². The number of carbonyl (C=O) groups is 1. The van der Waals surface area contributed by atoms with Crippen LogP contribution in [0.4, 0.5) is 4.39 Å². The van der Waals surface area contributed by atoms with Crippen molar-refractivity contribution >= 4 is 23.2 Å². The number of rotatable bonds is 2. The Hall–Kier alpha value is -2.28. The average molecular weight is 332 g/mol. The van der Waals surface area contributed by atoms with E-state index in [4.69, 9.17) is 5.41 Å². The monoisotopic (exact) mass is 332 g/mol. The van der Waals surface area contributed by atoms with Crippen LogP contribution in [0, 0.1) is 12.3 Å². The van der Waals surface area contributed by atoms with Crippen molar-refractivity contribution in [2.75, 3.05) is 7.05 Å². The zero-order valence-electron chi connectivity index (χ0n) is 13.1. The van der Waals surface area contributed by atoms with E-state index in [1.54, 1.807) is 19.3 Å². The third-order valence-corrected chi connectivity index (χ3v) is 5.25. The van der Waals surface area contributed by atoms with Gasteiger partial charge in [-0.1, -0.05) is 0 Å². The maximum absolute atomic E-state index is 14.7. The smallest absolute Gasteiger partial charge is 0.266 e. The molecular weight excluding hydrogens is 315 g/mol. The highest BCUT2D eigenvalue weighted by Crippen LogP contribution is 2.37. The van der Waals surface area contributed by atoms with E-state index in [1.165, 1.54) is 18.4 Å². The largest absolute Gasteiger partial charge is 0.342 e. The first-order chi connectivity index (χ1) is 10.8. The fourth-order valence-electron chi connectivity index (χ4n) is 2.58. The van der Waals surface area contributed by atoms with Gasteiger partial charge in [0.1, 0.15) is 5.54 Å². The SMILES string of the molecule is Cc1cncc(-c2csc([C@@]3(C)NC(=N)N(C)C(=O)[C@@H]3F)c2)c1. The van der Waals surface area contributed by atoms with Crippen LogP contribution < -0.4 is 5.32 Å². The number of guanidine groups is 1. The topological polar surface area (TPSA) is 69.1 Å². The number of aromatic nitrogens is 1. The Balaban J connectivity index is 1.99. The number of nitrogens with zero attached hydrogens (tertiary/aromatic N) is 2. The summed E-state index contributed by atoms with van der Waals surface area (Å²) in [6.07, 6.45) is 1.78. The molecule has 0 bridgehead atoms. The fourth-order valence-corrected chi connectivity index (χ4v) is 3.63. The zero-order chi connectivity index (χ0) is 16.8. The van der Waals surface area contributed by atoms with Gasteiger partial charge in [0, 0.05) is 29.9 Å². The van der Waals surface area contributed by atoms with Crippen LogP contribution in [0.1, 0.15) is 17.4 Å². The number of pyridine rings is 1. The van der Waals surface area contributed by atoms with Gasteiger partial charge < -0.3 is 5.32 Å². The van der Waals surface area contributed by atoms with Crippen LogP contribution in [0.15, 0.2) is 29.9 Å². The van der Waals surface area contributed by atoms with Gasteiger partial charge in [-0.25, -0.2) is 4.39 Å². The minimum Gasteiger partial charge on any atom is -0.342 e. The van der Waals surface area contributed by atoms with E-state index in [2.05, 4.69) is 10.3 Å². The van der Waals surface area contributed by atoms with E-state index in [1.807, 2.05) is 24.4 Å². The molecule has 3 rings (SSSR count). The minimum atomic E-state index is -1.75. The van der Waals surface area contributed by atoms with Crippen molar-refractivity contribution in [2.24, 2.45) is 0 Å². The van der Waals surface area contributed by atoms with Crippen LogP contribution >= 0.6 is 11.3 Å². The zero-order valence-corrected chi connectivity index (χ0v) is 13.9. The first-order valence-electron chi connectivity index (χ1n) is 7.12. The summed E-state index contributed by atoms with van der Waals surface area (Å²) in [6.45, 7) is 3.57. The van der Waals surface area contributed by atoms with Gasteiger partial charge in [0.25, 0.3) is 5.91 Å². The van der Waals surface area contributed by atoms with Crippen molar-refractivity contribution in [3.63, 3.8) is 0 Å². The number of amides is 1. The van der Waals surface area contributed by atoms with Crippen LogP contribution in [0.3, 0.4) is 0 Å². The highest BCUT2D eigenvalue weighted by atomic mass is 32.1. The maximum Gasteiger partial charge on any atom is 0.266 e. The number of nitrogens with one attached hydrogen (secondary N) is 2. The summed E-state index contributed by atoms with van der Waals surface area (Å²) in [5.74, 6) is -0.804. The summed E-state index contributed by atoms with van der Waals surface area (Å²) < 4.78 is 14.7. The Morgan fingerprint density at radius 3 is 2.83 bits per heavy atom. The van der Waals surface area contributed by atoms with Gasteiger partial charge in [0.15, 0.2) is 5.96 Å². The maximum atomic E-state index is 14.7. The van der Waals surface area contributed by atoms with Gasteiger partial charge in [-0.05, 0) is 42.5 Å². The molecule has 3 heterocycles. The molecule has 23 heavy (non-hydrogen) atoms. The minimum absolute atomic E-state index is 0.0985. The van der Waals surface area contributed by atoms with Crippen molar-refractivity contribution in [2.45, 2.75) is 25.6 Å². The molecule has 120 valence electrons. The molecule has 5 nitrogen and oxygen atoms in total. The molecule has 1 aliphatic rings. The van der Waals surface area contributed by atoms with E-state index in [-0.39, 0.29) is 5.96 Å². The normalized spacial score (nSPS) is 24.7. The van der Waals surface area contributed by atoms with E-state index < -0.39 is 17.6 Å². The quantitative estimate of drug-likeness (QED) is 0.888. The number of hydrogen-bond donors (Lipinski definition) is 2. The molecule has 1 amide bonds. The van der Waals surface area contributed by atoms with Gasteiger partial charge in [-0.3, -0.25) is 20.1 Å². The lowest BCUT2D eigenvalue weighted by atomic mass is 9.90. The van der Waals surface area contributed by atoms with Gasteiger partial charge in [-0.15, -0.1) is 11.3 Å². The van der Waals surface area contributed by atoms with Crippen LogP contribution in [0.5, 0.6) is 0 Å². The third kappa shape index (κ3) is 2.50. The summed E-state index contributed by atoms with van der Waals surface area (Å²) >= 11 is 1.37. The summed E-state index contributed by atoms with van der Waals surface area (Å²) in [5.41, 5.74) is 1.68. The van der Waals surface area contributed by atoms with Crippen LogP contribution in [0.25, 0.3) is 11.1 Å². The van der Waals surface area contributed by atoms with Gasteiger partial charge >= 0.3 is 0 Å². The standard InChI is InChI=1S/C16H17FN4OS/c1-9-4-10(7-19-6-9)11-5-12(23-8-11)16(2)13(17)14(22)21(3)15(18)20-16/h4-8,13H,1-3H3,(H2,18,20)/t13-,16+/m0/s1. The molecule has 1 aliphatic heterocycles. The number of carbonyl (C=O) groups excluding carboxylic acids is 1. The fraction of sp³-hybridized carbons (Fsp3) is 0.312. The number of aryl methyl sites for hydroxylation is 1. The second kappa shape index (κ2) is 5.42. The van der Waals surface area contributed by atoms with E-state index in [9.17, 15) is 9.18 Å². The molecular formula is C16H17FN4OS. The lowest BCUT2D eigenvalue weighted by Crippen LogP contribution is -2.64. The second-order valence-corrected chi connectivity index (χ2v) is 6.80. The molecule has 1 saturated heterocycles. The van der Waals surface area contributed by atoms with Crippen molar-refractivity contribution in [3.8, 4) is 11.1 Å². The first kappa shape index (κ1) is 15.6. The molecule has 2 aromatic rings. The number of alkyl halides is 1. The van der Waals surface area contributed by atoms with Crippen molar-refractivity contribution in [1.82, 2.24) is 15.2 Å². The highest BCUT2D eigenvalue weighted by Gasteiger charge is 2.49. The van der Waals surface area contributed by atoms with Crippen molar-refractivity contribution < 1.29 is 9.18 Å². The predicted molar refractivity (Wildman–Crippen MR) is 88.2 cm³/mol. The molecule has 0 spiro atoms. The molecule has 2 atom stereocenters. The van der Waals surface area contributed by atoms with E-state index in [0.29, 0.717) is 4.88 Å². The van der Waals surface area contributed by atoms with Crippen molar-refractivity contribution in [1.29, 1.82) is 5.41 Å². The van der Waals surface area contributed by atoms with Crippen molar-refractivity contribution in [3.05, 3.63) is 40.3 Å². The Morgan fingerprint density at radius 1 is 1.39 bits per heavy atom. The molecule has 0 aromatic carbocycles. The Bertz CT molecular complexity index is 790. The summed E-state index contributed by atoms with van der Waals surface area (Å²) in [7, 11) is 1.39. The number of hydrogen-bond acceptors (Lipinski definition) is 4. The third-order valence-electron chi connectivity index (χ3n) is 4.09. The number of thiophene rings is 1. The lowest BCUT2D eigenvalue weighted by molar-refractivity contribution is -0.136. The van der Waals surface area contributed by atoms with Crippen LogP contribution in [-0.4, -0.2) is 35.0 Å². The molecule has 2 aromatic heterocycles. The molecule has 0 radical (unpaired) electrons. The summed E-state index contributed by atoms with van der Waals surface area (Å²) in [5, 5.41) is 12.6. The van der Waals surface area contributed by atoms with Crippen LogP contribution in [-0.2, 0) is 10.3 Å². The predicted octanol–water partition coefficient (Wildman–Crippen LogP) is 2.67. The molecule has 2 N–H and O–H groups in total. The molecule has 0 aliphatic carbocycles. The Labute approximate surface area is 137 Å². The molecule has 1 fully saturated rings. The lowest BCUT2D eigenvalue weighted by Gasteiger charge is -2.41. The second-order valence-electron chi connectivity index (χ2n) is 5.89.